The van der Waals surface area contributed by atoms with Gasteiger partial charge in [0.15, 0.2) is 0 Å². The third-order valence-corrected chi connectivity index (χ3v) is 5.50. The van der Waals surface area contributed by atoms with Gasteiger partial charge in [-0.05, 0) is 25.8 Å². The van der Waals surface area contributed by atoms with Gasteiger partial charge >= 0.3 is 0 Å². The standard InChI is InChI=1S/C14H29N3O2S/c1-3-6-15-13(5-4-11-20(2,18)19)14-12-16-7-9-17(14)10-8-16/h13-15H,3-12H2,1-2H3. The molecule has 0 spiro atoms. The molecule has 0 aromatic rings. The SMILES string of the molecule is CCCNC(CCCS(C)(=O)=O)C1CN2CCN1CC2. The van der Waals surface area contributed by atoms with Crippen molar-refractivity contribution in [2.45, 2.75) is 38.3 Å². The first-order valence-corrected chi connectivity index (χ1v) is 9.93. The van der Waals surface area contributed by atoms with Gasteiger partial charge < -0.3 is 5.32 Å². The van der Waals surface area contributed by atoms with E-state index in [0.29, 0.717) is 17.8 Å². The highest BCUT2D eigenvalue weighted by Gasteiger charge is 2.36. The average Bonchev–Trinajstić information content (AvgIpc) is 2.42. The molecule has 0 aromatic heterocycles. The summed E-state index contributed by atoms with van der Waals surface area (Å²) < 4.78 is 22.6. The maximum atomic E-state index is 11.3. The quantitative estimate of drug-likeness (QED) is 0.693. The molecule has 3 saturated heterocycles. The van der Waals surface area contributed by atoms with E-state index in [4.69, 9.17) is 0 Å². The van der Waals surface area contributed by atoms with Crippen molar-refractivity contribution in [2.24, 2.45) is 0 Å². The lowest BCUT2D eigenvalue weighted by Gasteiger charge is -2.50. The second kappa shape index (κ2) is 7.20. The Morgan fingerprint density at radius 1 is 1.25 bits per heavy atom. The van der Waals surface area contributed by atoms with Gasteiger partial charge in [-0.1, -0.05) is 6.92 Å². The summed E-state index contributed by atoms with van der Waals surface area (Å²) in [7, 11) is -2.83. The second-order valence-corrected chi connectivity index (χ2v) is 8.50. The summed E-state index contributed by atoms with van der Waals surface area (Å²) >= 11 is 0. The molecule has 0 saturated carbocycles. The zero-order valence-corrected chi connectivity index (χ0v) is 13.7. The van der Waals surface area contributed by atoms with Gasteiger partial charge in [-0.25, -0.2) is 8.42 Å². The van der Waals surface area contributed by atoms with Crippen LogP contribution >= 0.6 is 0 Å². The summed E-state index contributed by atoms with van der Waals surface area (Å²) in [5.74, 6) is 0.313. The van der Waals surface area contributed by atoms with Crippen LogP contribution in [0.2, 0.25) is 0 Å². The van der Waals surface area contributed by atoms with E-state index >= 15 is 0 Å². The van der Waals surface area contributed by atoms with Crippen LogP contribution in [0.15, 0.2) is 0 Å². The van der Waals surface area contributed by atoms with Crippen molar-refractivity contribution in [1.82, 2.24) is 15.1 Å². The molecule has 5 nitrogen and oxygen atoms in total. The molecule has 3 aliphatic rings. The summed E-state index contributed by atoms with van der Waals surface area (Å²) in [6.07, 6.45) is 4.19. The molecule has 6 heteroatoms. The summed E-state index contributed by atoms with van der Waals surface area (Å²) in [6.45, 7) is 9.06. The van der Waals surface area contributed by atoms with Crippen molar-refractivity contribution in [1.29, 1.82) is 0 Å². The predicted molar refractivity (Wildman–Crippen MR) is 82.8 cm³/mol. The van der Waals surface area contributed by atoms with E-state index in [1.807, 2.05) is 0 Å². The first-order valence-electron chi connectivity index (χ1n) is 7.87. The third kappa shape index (κ3) is 4.69. The number of nitrogens with one attached hydrogen (secondary N) is 1. The van der Waals surface area contributed by atoms with Crippen molar-refractivity contribution in [3.05, 3.63) is 0 Å². The molecule has 20 heavy (non-hydrogen) atoms. The molecule has 0 radical (unpaired) electrons. The predicted octanol–water partition coefficient (Wildman–Crippen LogP) is 0.179. The molecule has 0 aromatic carbocycles. The summed E-state index contributed by atoms with van der Waals surface area (Å²) in [5.41, 5.74) is 0. The molecule has 1 N–H and O–H groups in total. The van der Waals surface area contributed by atoms with Gasteiger partial charge in [0.1, 0.15) is 9.84 Å². The molecule has 118 valence electrons. The lowest BCUT2D eigenvalue weighted by molar-refractivity contribution is -0.00449. The Morgan fingerprint density at radius 2 is 1.95 bits per heavy atom. The van der Waals surface area contributed by atoms with Crippen LogP contribution in [-0.2, 0) is 9.84 Å². The van der Waals surface area contributed by atoms with Gasteiger partial charge in [-0.2, -0.15) is 0 Å². The Hall–Kier alpha value is -0.170. The van der Waals surface area contributed by atoms with Crippen LogP contribution in [0.5, 0.6) is 0 Å². The second-order valence-electron chi connectivity index (χ2n) is 6.24. The molecule has 3 rings (SSSR count). The number of hydrogen-bond donors (Lipinski definition) is 1. The van der Waals surface area contributed by atoms with Crippen molar-refractivity contribution in [3.8, 4) is 0 Å². The van der Waals surface area contributed by atoms with Gasteiger partial charge in [0.05, 0.1) is 0 Å². The molecule has 0 aliphatic carbocycles. The van der Waals surface area contributed by atoms with Crippen LogP contribution in [0.25, 0.3) is 0 Å². The van der Waals surface area contributed by atoms with Crippen LogP contribution in [0, 0.1) is 0 Å². The fraction of sp³-hybridized carbons (Fsp3) is 1.00. The Bertz CT molecular complexity index is 391. The van der Waals surface area contributed by atoms with E-state index in [1.165, 1.54) is 32.4 Å². The molecule has 0 amide bonds. The van der Waals surface area contributed by atoms with Crippen molar-refractivity contribution >= 4 is 9.84 Å². The zero-order valence-electron chi connectivity index (χ0n) is 12.8. The average molecular weight is 303 g/mol. The summed E-state index contributed by atoms with van der Waals surface area (Å²) in [6, 6.07) is 0.989. The number of hydrogen-bond acceptors (Lipinski definition) is 5. The van der Waals surface area contributed by atoms with Crippen LogP contribution in [0.4, 0.5) is 0 Å². The van der Waals surface area contributed by atoms with Gasteiger partial charge in [-0.15, -0.1) is 0 Å². The van der Waals surface area contributed by atoms with Crippen molar-refractivity contribution < 1.29 is 8.42 Å². The van der Waals surface area contributed by atoms with E-state index in [2.05, 4.69) is 22.0 Å². The molecule has 2 bridgehead atoms. The molecule has 2 unspecified atom stereocenters. The summed E-state index contributed by atoms with van der Waals surface area (Å²) in [4.78, 5) is 5.13. The number of sulfone groups is 1. The molecule has 3 aliphatic heterocycles. The van der Waals surface area contributed by atoms with E-state index in [9.17, 15) is 8.42 Å². The number of rotatable bonds is 8. The normalized spacial score (nSPS) is 31.4. The van der Waals surface area contributed by atoms with Gasteiger partial charge in [-0.3, -0.25) is 9.80 Å². The Morgan fingerprint density at radius 3 is 2.45 bits per heavy atom. The first kappa shape index (κ1) is 16.2. The van der Waals surface area contributed by atoms with Crippen molar-refractivity contribution in [3.63, 3.8) is 0 Å². The van der Waals surface area contributed by atoms with E-state index in [-0.39, 0.29) is 0 Å². The monoisotopic (exact) mass is 303 g/mol. The maximum absolute atomic E-state index is 11.3. The molecule has 3 fully saturated rings. The first-order chi connectivity index (χ1) is 9.49. The highest BCUT2D eigenvalue weighted by Crippen LogP contribution is 2.20. The smallest absolute Gasteiger partial charge is 0.147 e. The number of nitrogens with zero attached hydrogens (tertiary/aromatic N) is 2. The Kier molecular flexibility index (Phi) is 5.84. The minimum atomic E-state index is -2.83. The summed E-state index contributed by atoms with van der Waals surface area (Å²) in [5, 5.41) is 3.65. The van der Waals surface area contributed by atoms with E-state index < -0.39 is 9.84 Å². The van der Waals surface area contributed by atoms with Crippen LogP contribution in [-0.4, -0.2) is 81.6 Å². The largest absolute Gasteiger partial charge is 0.312 e. The van der Waals surface area contributed by atoms with Crippen molar-refractivity contribution in [2.75, 3.05) is 51.3 Å². The fourth-order valence-corrected chi connectivity index (χ4v) is 4.06. The van der Waals surface area contributed by atoms with Crippen LogP contribution in [0.3, 0.4) is 0 Å². The third-order valence-electron chi connectivity index (χ3n) is 4.47. The van der Waals surface area contributed by atoms with Crippen LogP contribution in [0.1, 0.15) is 26.2 Å². The fourth-order valence-electron chi connectivity index (χ4n) is 3.36. The molecular weight excluding hydrogens is 274 g/mol. The van der Waals surface area contributed by atoms with Gasteiger partial charge in [0.2, 0.25) is 0 Å². The highest BCUT2D eigenvalue weighted by atomic mass is 32.2. The lowest BCUT2D eigenvalue weighted by Crippen LogP contribution is -2.66. The lowest BCUT2D eigenvalue weighted by atomic mass is 9.96. The maximum Gasteiger partial charge on any atom is 0.147 e. The molecule has 2 atom stereocenters. The number of piperazine rings is 3. The highest BCUT2D eigenvalue weighted by molar-refractivity contribution is 7.90. The molecule has 3 heterocycles. The Labute approximate surface area is 123 Å². The minimum Gasteiger partial charge on any atom is -0.312 e. The van der Waals surface area contributed by atoms with E-state index in [0.717, 1.165) is 32.4 Å². The topological polar surface area (TPSA) is 52.7 Å². The number of fused-ring (bicyclic) bond motifs is 3. The minimum absolute atomic E-state index is 0.313. The van der Waals surface area contributed by atoms with Gasteiger partial charge in [0, 0.05) is 56.8 Å². The molecular formula is C14H29N3O2S. The van der Waals surface area contributed by atoms with Gasteiger partial charge in [0.25, 0.3) is 0 Å². The zero-order chi connectivity index (χ0) is 14.6. The van der Waals surface area contributed by atoms with Crippen LogP contribution < -0.4 is 5.32 Å². The van der Waals surface area contributed by atoms with E-state index in [1.54, 1.807) is 0 Å². The Balaban J connectivity index is 1.89.